The number of methoxy groups -OCH3 is 1. The molecule has 16 heavy (non-hydrogen) atoms. The quantitative estimate of drug-likeness (QED) is 0.855. The van der Waals surface area contributed by atoms with Crippen LogP contribution in [0, 0.1) is 0 Å². The van der Waals surface area contributed by atoms with Crippen LogP contribution in [-0.2, 0) is 9.53 Å². The fraction of sp³-hybridized carbons (Fsp3) is 0.300. The van der Waals surface area contributed by atoms with Crippen LogP contribution in [0.4, 0.5) is 5.69 Å². The minimum Gasteiger partial charge on any atom is -0.480 e. The molecule has 1 rings (SSSR count). The summed E-state index contributed by atoms with van der Waals surface area (Å²) in [5.41, 5.74) is 0.701. The minimum atomic E-state index is -0.954. The summed E-state index contributed by atoms with van der Waals surface area (Å²) in [6.07, 6.45) is 0. The van der Waals surface area contributed by atoms with Crippen molar-refractivity contribution < 1.29 is 14.6 Å². The van der Waals surface area contributed by atoms with Crippen LogP contribution in [0.25, 0.3) is 0 Å². The summed E-state index contributed by atoms with van der Waals surface area (Å²) in [5, 5.41) is 11.9. The molecule has 6 heteroatoms. The number of halogens is 2. The number of hydrogen-bond donors (Lipinski definition) is 2. The first-order chi connectivity index (χ1) is 7.56. The Balaban J connectivity index is 2.89. The molecule has 0 radical (unpaired) electrons. The fourth-order valence-electron chi connectivity index (χ4n) is 1.15. The molecule has 0 bridgehead atoms. The van der Waals surface area contributed by atoms with Gasteiger partial charge in [0.15, 0.2) is 0 Å². The molecule has 88 valence electrons. The van der Waals surface area contributed by atoms with Crippen LogP contribution in [0.15, 0.2) is 27.1 Å². The number of hydrogen-bond acceptors (Lipinski definition) is 3. The summed E-state index contributed by atoms with van der Waals surface area (Å²) in [6.45, 7) is 0.100. The zero-order valence-corrected chi connectivity index (χ0v) is 11.7. The van der Waals surface area contributed by atoms with Crippen molar-refractivity contribution in [1.29, 1.82) is 0 Å². The molecule has 0 saturated heterocycles. The maximum absolute atomic E-state index is 10.9. The summed E-state index contributed by atoms with van der Waals surface area (Å²) in [5.74, 6) is -0.954. The number of carboxylic acid groups (broad SMARTS) is 1. The van der Waals surface area contributed by atoms with E-state index in [9.17, 15) is 4.79 Å². The van der Waals surface area contributed by atoms with E-state index < -0.39 is 12.0 Å². The molecule has 1 unspecified atom stereocenters. The zero-order chi connectivity index (χ0) is 12.1. The molecule has 0 aliphatic carbocycles. The Morgan fingerprint density at radius 1 is 1.50 bits per heavy atom. The van der Waals surface area contributed by atoms with Gasteiger partial charge in [0.05, 0.1) is 12.3 Å². The van der Waals surface area contributed by atoms with E-state index in [2.05, 4.69) is 37.2 Å². The molecule has 1 aromatic carbocycles. The molecule has 4 nitrogen and oxygen atoms in total. The van der Waals surface area contributed by atoms with Crippen LogP contribution in [0.5, 0.6) is 0 Å². The molecule has 0 aromatic heterocycles. The Morgan fingerprint density at radius 3 is 2.50 bits per heavy atom. The molecule has 0 aliphatic rings. The Hall–Kier alpha value is -0.590. The van der Waals surface area contributed by atoms with Crippen LogP contribution >= 0.6 is 31.9 Å². The number of carbonyl (C=O) groups is 1. The van der Waals surface area contributed by atoms with E-state index in [1.165, 1.54) is 7.11 Å². The third-order valence-corrected chi connectivity index (χ3v) is 3.23. The van der Waals surface area contributed by atoms with Gasteiger partial charge in [-0.3, -0.25) is 0 Å². The monoisotopic (exact) mass is 351 g/mol. The van der Waals surface area contributed by atoms with Gasteiger partial charge in [-0.25, -0.2) is 4.79 Å². The van der Waals surface area contributed by atoms with Gasteiger partial charge in [-0.05, 0) is 44.0 Å². The van der Waals surface area contributed by atoms with Crippen LogP contribution in [-0.4, -0.2) is 30.8 Å². The molecule has 1 atom stereocenters. The van der Waals surface area contributed by atoms with Gasteiger partial charge in [0, 0.05) is 16.1 Å². The number of rotatable bonds is 5. The molecule has 0 heterocycles. The lowest BCUT2D eigenvalue weighted by atomic mass is 10.2. The second-order valence-corrected chi connectivity index (χ2v) is 4.80. The van der Waals surface area contributed by atoms with Crippen molar-refractivity contribution >= 4 is 43.5 Å². The average Bonchev–Trinajstić information content (AvgIpc) is 2.21. The number of nitrogens with one attached hydrogen (secondary N) is 1. The van der Waals surface area contributed by atoms with E-state index in [0.717, 1.165) is 8.95 Å². The largest absolute Gasteiger partial charge is 0.480 e. The lowest BCUT2D eigenvalue weighted by molar-refractivity contribution is -0.139. The highest BCUT2D eigenvalue weighted by Gasteiger charge is 2.18. The molecule has 1 aromatic rings. The smallest absolute Gasteiger partial charge is 0.328 e. The molecule has 0 amide bonds. The van der Waals surface area contributed by atoms with E-state index in [0.29, 0.717) is 5.69 Å². The van der Waals surface area contributed by atoms with Gasteiger partial charge < -0.3 is 15.2 Å². The van der Waals surface area contributed by atoms with Gasteiger partial charge in [-0.15, -0.1) is 0 Å². The second-order valence-electron chi connectivity index (χ2n) is 3.09. The third kappa shape index (κ3) is 3.47. The van der Waals surface area contributed by atoms with E-state index in [-0.39, 0.29) is 6.61 Å². The first-order valence-corrected chi connectivity index (χ1v) is 6.07. The third-order valence-electron chi connectivity index (χ3n) is 1.91. The standard InChI is InChI=1S/C10H11Br2NO3/c1-16-5-8(10(14)15)13-9-6(11)3-2-4-7(9)12/h2-4,8,13H,5H2,1H3,(H,14,15). The van der Waals surface area contributed by atoms with Crippen molar-refractivity contribution in [2.24, 2.45) is 0 Å². The Morgan fingerprint density at radius 2 is 2.06 bits per heavy atom. The van der Waals surface area contributed by atoms with Gasteiger partial charge in [0.1, 0.15) is 6.04 Å². The molecular formula is C10H11Br2NO3. The van der Waals surface area contributed by atoms with Crippen molar-refractivity contribution in [1.82, 2.24) is 0 Å². The Bertz CT molecular complexity index is 364. The summed E-state index contributed by atoms with van der Waals surface area (Å²) >= 11 is 6.70. The maximum atomic E-state index is 10.9. The van der Waals surface area contributed by atoms with Crippen molar-refractivity contribution in [2.75, 3.05) is 19.0 Å². The number of para-hydroxylation sites is 1. The van der Waals surface area contributed by atoms with Crippen LogP contribution in [0.2, 0.25) is 0 Å². The van der Waals surface area contributed by atoms with Gasteiger partial charge in [0.2, 0.25) is 0 Å². The molecule has 0 spiro atoms. The fourth-order valence-corrected chi connectivity index (χ4v) is 2.38. The van der Waals surface area contributed by atoms with E-state index in [1.807, 2.05) is 18.2 Å². The van der Waals surface area contributed by atoms with E-state index >= 15 is 0 Å². The Labute approximate surface area is 110 Å². The van der Waals surface area contributed by atoms with Crippen molar-refractivity contribution in [3.8, 4) is 0 Å². The zero-order valence-electron chi connectivity index (χ0n) is 8.54. The van der Waals surface area contributed by atoms with Crippen LogP contribution in [0.3, 0.4) is 0 Å². The SMILES string of the molecule is COCC(Nc1c(Br)cccc1Br)C(=O)O. The molecule has 0 saturated carbocycles. The number of benzene rings is 1. The highest BCUT2D eigenvalue weighted by molar-refractivity contribution is 9.11. The molecule has 0 aliphatic heterocycles. The summed E-state index contributed by atoms with van der Waals surface area (Å²) in [6, 6.07) is 4.74. The minimum absolute atomic E-state index is 0.100. The van der Waals surface area contributed by atoms with E-state index in [4.69, 9.17) is 9.84 Å². The first kappa shape index (κ1) is 13.5. The highest BCUT2D eigenvalue weighted by atomic mass is 79.9. The number of aliphatic carboxylic acids is 1. The lowest BCUT2D eigenvalue weighted by Gasteiger charge is -2.17. The normalized spacial score (nSPS) is 12.2. The Kier molecular flexibility index (Phi) is 5.24. The molecule has 2 N–H and O–H groups in total. The number of ether oxygens (including phenoxy) is 1. The highest BCUT2D eigenvalue weighted by Crippen LogP contribution is 2.31. The van der Waals surface area contributed by atoms with Gasteiger partial charge >= 0.3 is 5.97 Å². The first-order valence-electron chi connectivity index (χ1n) is 4.48. The van der Waals surface area contributed by atoms with Crippen molar-refractivity contribution in [3.05, 3.63) is 27.1 Å². The lowest BCUT2D eigenvalue weighted by Crippen LogP contribution is -2.33. The predicted octanol–water partition coefficient (Wildman–Crippen LogP) is 2.72. The van der Waals surface area contributed by atoms with Gasteiger partial charge in [0.25, 0.3) is 0 Å². The summed E-state index contributed by atoms with van der Waals surface area (Å²) in [7, 11) is 1.46. The predicted molar refractivity (Wildman–Crippen MR) is 68.8 cm³/mol. The molecular weight excluding hydrogens is 342 g/mol. The average molecular weight is 353 g/mol. The molecule has 0 fully saturated rings. The summed E-state index contributed by atoms with van der Waals surface area (Å²) < 4.78 is 6.43. The number of anilines is 1. The van der Waals surface area contributed by atoms with Crippen LogP contribution in [0.1, 0.15) is 0 Å². The second kappa shape index (κ2) is 6.22. The van der Waals surface area contributed by atoms with Gasteiger partial charge in [-0.1, -0.05) is 6.07 Å². The van der Waals surface area contributed by atoms with Crippen molar-refractivity contribution in [2.45, 2.75) is 6.04 Å². The topological polar surface area (TPSA) is 58.6 Å². The maximum Gasteiger partial charge on any atom is 0.328 e. The van der Waals surface area contributed by atoms with E-state index in [1.54, 1.807) is 0 Å². The van der Waals surface area contributed by atoms with Crippen LogP contribution < -0.4 is 5.32 Å². The van der Waals surface area contributed by atoms with Gasteiger partial charge in [-0.2, -0.15) is 0 Å². The number of carboxylic acids is 1. The van der Waals surface area contributed by atoms with Crippen molar-refractivity contribution in [3.63, 3.8) is 0 Å². The summed E-state index contributed by atoms with van der Waals surface area (Å²) in [4.78, 5) is 10.9.